The lowest BCUT2D eigenvalue weighted by atomic mass is 10.2. The van der Waals surface area contributed by atoms with Crippen molar-refractivity contribution in [1.29, 1.82) is 0 Å². The molecule has 130 valence electrons. The number of halogens is 3. The molecular weight excluding hydrogens is 339 g/mol. The third-order valence-corrected chi connectivity index (χ3v) is 2.94. The van der Waals surface area contributed by atoms with Crippen molar-refractivity contribution in [2.75, 3.05) is 24.7 Å². The Labute approximate surface area is 139 Å². The number of anilines is 3. The Morgan fingerprint density at radius 1 is 1.24 bits per heavy atom. The molecule has 0 atom stereocenters. The maximum absolute atomic E-state index is 12.8. The van der Waals surface area contributed by atoms with E-state index >= 15 is 0 Å². The zero-order valence-corrected chi connectivity index (χ0v) is 13.2. The predicted molar refractivity (Wildman–Crippen MR) is 83.5 cm³/mol. The van der Waals surface area contributed by atoms with Crippen molar-refractivity contribution in [2.45, 2.75) is 6.18 Å². The average Bonchev–Trinajstić information content (AvgIpc) is 2.59. The maximum Gasteiger partial charge on any atom is 0.421 e. The first-order valence-corrected chi connectivity index (χ1v) is 6.88. The van der Waals surface area contributed by atoms with Crippen LogP contribution in [-0.2, 0) is 6.18 Å². The fraction of sp³-hybridized carbons (Fsp3) is 0.214. The summed E-state index contributed by atoms with van der Waals surface area (Å²) in [7, 11) is 2.71. The summed E-state index contributed by atoms with van der Waals surface area (Å²) in [6.07, 6.45) is -3.87. The van der Waals surface area contributed by atoms with Gasteiger partial charge in [0, 0.05) is 24.5 Å². The lowest BCUT2D eigenvalue weighted by Gasteiger charge is -2.12. The quantitative estimate of drug-likeness (QED) is 0.650. The van der Waals surface area contributed by atoms with E-state index in [2.05, 4.69) is 35.7 Å². The molecule has 1 aromatic carbocycles. The van der Waals surface area contributed by atoms with Gasteiger partial charge in [-0.05, 0) is 24.3 Å². The minimum Gasteiger partial charge on any atom is -0.372 e. The summed E-state index contributed by atoms with van der Waals surface area (Å²) >= 11 is 0. The third-order valence-electron chi connectivity index (χ3n) is 2.94. The minimum atomic E-state index is -4.56. The molecule has 0 saturated carbocycles. The van der Waals surface area contributed by atoms with E-state index in [1.165, 1.54) is 38.4 Å². The van der Waals surface area contributed by atoms with Crippen LogP contribution < -0.4 is 15.5 Å². The van der Waals surface area contributed by atoms with Crippen LogP contribution in [-0.4, -0.2) is 30.0 Å². The second kappa shape index (κ2) is 7.49. The van der Waals surface area contributed by atoms with E-state index in [9.17, 15) is 18.0 Å². The monoisotopic (exact) mass is 352 g/mol. The summed E-state index contributed by atoms with van der Waals surface area (Å²) in [5.74, 6) is -0.943. The molecule has 0 spiro atoms. The smallest absolute Gasteiger partial charge is 0.372 e. The predicted octanol–water partition coefficient (Wildman–Crippen LogP) is 3.02. The topological polar surface area (TPSA) is 106 Å². The lowest BCUT2D eigenvalue weighted by Crippen LogP contribution is -2.12. The zero-order chi connectivity index (χ0) is 18.4. The van der Waals surface area contributed by atoms with E-state index in [0.29, 0.717) is 11.9 Å². The molecule has 8 nitrogen and oxygen atoms in total. The lowest BCUT2D eigenvalue weighted by molar-refractivity contribution is -0.137. The fourth-order valence-electron chi connectivity index (χ4n) is 1.81. The van der Waals surface area contributed by atoms with E-state index in [4.69, 9.17) is 0 Å². The van der Waals surface area contributed by atoms with Crippen molar-refractivity contribution in [1.82, 2.24) is 14.9 Å². The molecule has 2 rings (SSSR count). The Balaban J connectivity index is 2.20. The molecule has 0 aliphatic heterocycles. The Morgan fingerprint density at radius 2 is 1.92 bits per heavy atom. The highest BCUT2D eigenvalue weighted by Crippen LogP contribution is 2.33. The van der Waals surface area contributed by atoms with Gasteiger partial charge in [0.25, 0.3) is 0 Å². The zero-order valence-electron chi connectivity index (χ0n) is 13.2. The second-order valence-electron chi connectivity index (χ2n) is 4.60. The molecule has 11 heteroatoms. The van der Waals surface area contributed by atoms with Gasteiger partial charge in [-0.1, -0.05) is 0 Å². The van der Waals surface area contributed by atoms with Crippen LogP contribution in [0.5, 0.6) is 0 Å². The molecule has 0 saturated heterocycles. The molecule has 1 aromatic heterocycles. The first-order valence-electron chi connectivity index (χ1n) is 6.88. The number of rotatable bonds is 4. The Kier molecular flexibility index (Phi) is 5.40. The molecule has 25 heavy (non-hydrogen) atoms. The average molecular weight is 352 g/mol. The third kappa shape index (κ3) is 4.58. The molecule has 2 N–H and O–H groups in total. The van der Waals surface area contributed by atoms with Crippen LogP contribution in [0.3, 0.4) is 0 Å². The molecule has 1 amide bonds. The standard InChI is InChI=1S/C14H12F3N7O/c1-18-11-10(14(15,16)17)7-20-13(22-11)21-9-5-3-8(4-6-9)12(25)23-24-19-2/h3-7H,1-2H3,(H-,18,20,21,22,25)/p+1. The molecule has 0 fully saturated rings. The van der Waals surface area contributed by atoms with Crippen molar-refractivity contribution in [3.8, 4) is 0 Å². The number of amides is 1. The van der Waals surface area contributed by atoms with Crippen molar-refractivity contribution in [3.05, 3.63) is 41.6 Å². The molecule has 0 radical (unpaired) electrons. The highest BCUT2D eigenvalue weighted by atomic mass is 19.4. The van der Waals surface area contributed by atoms with Crippen LogP contribution in [0.2, 0.25) is 0 Å². The molecule has 2 aromatic rings. The van der Waals surface area contributed by atoms with Crippen LogP contribution in [0.25, 0.3) is 0 Å². The summed E-state index contributed by atoms with van der Waals surface area (Å²) in [4.78, 5) is 22.3. The molecule has 0 aliphatic carbocycles. The Morgan fingerprint density at radius 3 is 2.48 bits per heavy atom. The number of carbonyl (C=O) groups is 1. The first-order chi connectivity index (χ1) is 11.8. The molecule has 0 bridgehead atoms. The minimum absolute atomic E-state index is 0.0269. The van der Waals surface area contributed by atoms with Gasteiger partial charge in [-0.3, -0.25) is 4.79 Å². The van der Waals surface area contributed by atoms with Gasteiger partial charge in [-0.25, -0.2) is 4.98 Å². The fourth-order valence-corrected chi connectivity index (χ4v) is 1.81. The molecule has 0 aliphatic rings. The van der Waals surface area contributed by atoms with E-state index in [-0.39, 0.29) is 17.3 Å². The van der Waals surface area contributed by atoms with E-state index < -0.39 is 17.6 Å². The van der Waals surface area contributed by atoms with Crippen LogP contribution >= 0.6 is 0 Å². The number of hydrogen-bond acceptors (Lipinski definition) is 6. The highest BCUT2D eigenvalue weighted by Gasteiger charge is 2.35. The number of carbonyl (C=O) groups excluding carboxylic acids is 1. The van der Waals surface area contributed by atoms with E-state index in [0.717, 1.165) is 0 Å². The number of benzene rings is 1. The van der Waals surface area contributed by atoms with Crippen molar-refractivity contribution in [3.63, 3.8) is 0 Å². The van der Waals surface area contributed by atoms with Gasteiger partial charge < -0.3 is 10.6 Å². The summed E-state index contributed by atoms with van der Waals surface area (Å²) < 4.78 is 38.4. The summed E-state index contributed by atoms with van der Waals surface area (Å²) in [5, 5.41) is 11.8. The highest BCUT2D eigenvalue weighted by molar-refractivity contribution is 5.94. The van der Waals surface area contributed by atoms with Crippen LogP contribution in [0.4, 0.5) is 30.6 Å². The Bertz CT molecular complexity index is 827. The van der Waals surface area contributed by atoms with Crippen molar-refractivity contribution >= 4 is 23.4 Å². The van der Waals surface area contributed by atoms with E-state index in [1.54, 1.807) is 0 Å². The number of nitrogens with zero attached hydrogens (tertiary/aromatic N) is 5. The Hall–Kier alpha value is -3.33. The van der Waals surface area contributed by atoms with Crippen molar-refractivity contribution in [2.24, 2.45) is 10.2 Å². The largest absolute Gasteiger partial charge is 0.421 e. The number of aromatic nitrogens is 2. The van der Waals surface area contributed by atoms with Crippen LogP contribution in [0.1, 0.15) is 15.9 Å². The van der Waals surface area contributed by atoms with Crippen LogP contribution in [0, 0.1) is 0 Å². The second-order valence-corrected chi connectivity index (χ2v) is 4.60. The maximum atomic E-state index is 12.8. The van der Waals surface area contributed by atoms with Gasteiger partial charge in [0.15, 0.2) is 0 Å². The van der Waals surface area contributed by atoms with Crippen LogP contribution in [0.15, 0.2) is 40.7 Å². The molecule has 0 unspecified atom stereocenters. The van der Waals surface area contributed by atoms with E-state index in [1.807, 2.05) is 0 Å². The van der Waals surface area contributed by atoms with Gasteiger partial charge in [0.05, 0.1) is 0 Å². The van der Waals surface area contributed by atoms with Gasteiger partial charge in [0.2, 0.25) is 16.0 Å². The van der Waals surface area contributed by atoms with Gasteiger partial charge in [-0.2, -0.15) is 18.2 Å². The van der Waals surface area contributed by atoms with Crippen molar-refractivity contribution < 1.29 is 18.0 Å². The summed E-state index contributed by atoms with van der Waals surface area (Å²) in [6.45, 7) is 0. The number of hydrogen-bond donors (Lipinski definition) is 2. The normalized spacial score (nSPS) is 10.6. The SMILES string of the molecule is CN=[N+]=NC(=O)c1ccc(Nc2ncc(C(F)(F)F)c(NC)n2)cc1. The number of nitrogens with one attached hydrogen (secondary N) is 2. The van der Waals surface area contributed by atoms with Gasteiger partial charge >= 0.3 is 12.1 Å². The van der Waals surface area contributed by atoms with Gasteiger partial charge in [0.1, 0.15) is 23.5 Å². The summed E-state index contributed by atoms with van der Waals surface area (Å²) in [5.41, 5.74) is -0.203. The molecule has 1 heterocycles. The number of alkyl halides is 3. The van der Waals surface area contributed by atoms with Gasteiger partial charge in [-0.15, -0.1) is 0 Å². The first kappa shape index (κ1) is 18.0. The summed E-state index contributed by atoms with van der Waals surface area (Å²) in [6, 6.07) is 6.02. The molecular formula is C14H13F3N7O+.